The number of allylic oxidation sites excluding steroid dienone is 2. The summed E-state index contributed by atoms with van der Waals surface area (Å²) >= 11 is 0. The van der Waals surface area contributed by atoms with Gasteiger partial charge in [-0.3, -0.25) is 0 Å². The minimum absolute atomic E-state index is 0.0322. The van der Waals surface area contributed by atoms with E-state index in [-0.39, 0.29) is 29.5 Å². The fraction of sp³-hybridized carbons (Fsp3) is 0.895. The largest absolute Gasteiger partial charge is 0.390 e. The molecule has 3 saturated heterocycles. The fourth-order valence-corrected chi connectivity index (χ4v) is 4.56. The third-order valence-corrected chi connectivity index (χ3v) is 5.84. The molecule has 4 heteroatoms. The Labute approximate surface area is 140 Å². The minimum Gasteiger partial charge on any atom is -0.390 e. The molecule has 0 aromatic carbocycles. The maximum absolute atomic E-state index is 10.5. The van der Waals surface area contributed by atoms with Crippen molar-refractivity contribution in [2.45, 2.75) is 101 Å². The quantitative estimate of drug-likeness (QED) is 0.809. The van der Waals surface area contributed by atoms with Crippen LogP contribution in [0.3, 0.4) is 0 Å². The van der Waals surface area contributed by atoms with Gasteiger partial charge in [0.05, 0.1) is 35.6 Å². The summed E-state index contributed by atoms with van der Waals surface area (Å²) in [6, 6.07) is 0. The average molecular weight is 324 g/mol. The van der Waals surface area contributed by atoms with Crippen LogP contribution in [0.4, 0.5) is 0 Å². The monoisotopic (exact) mass is 324 g/mol. The molecule has 3 aliphatic heterocycles. The van der Waals surface area contributed by atoms with Gasteiger partial charge < -0.3 is 19.3 Å². The van der Waals surface area contributed by atoms with Gasteiger partial charge in [-0.2, -0.15) is 0 Å². The van der Waals surface area contributed by atoms with Crippen molar-refractivity contribution in [3.8, 4) is 0 Å². The van der Waals surface area contributed by atoms with Gasteiger partial charge in [0.1, 0.15) is 0 Å². The zero-order valence-electron chi connectivity index (χ0n) is 14.8. The molecule has 6 atom stereocenters. The molecule has 132 valence electrons. The van der Waals surface area contributed by atoms with Crippen LogP contribution in [-0.4, -0.2) is 47.3 Å². The lowest BCUT2D eigenvalue weighted by molar-refractivity contribution is -0.310. The number of hydrogen-bond acceptors (Lipinski definition) is 4. The van der Waals surface area contributed by atoms with Crippen LogP contribution in [-0.2, 0) is 14.2 Å². The Balaban J connectivity index is 1.73. The van der Waals surface area contributed by atoms with E-state index in [9.17, 15) is 5.11 Å². The topological polar surface area (TPSA) is 47.9 Å². The minimum atomic E-state index is -0.436. The third kappa shape index (κ3) is 3.51. The van der Waals surface area contributed by atoms with Crippen LogP contribution < -0.4 is 0 Å². The molecular weight excluding hydrogens is 292 g/mol. The van der Waals surface area contributed by atoms with E-state index in [1.807, 2.05) is 6.92 Å². The standard InChI is InChI=1S/C19H32O4/c1-4-5-6-9-15-14(20)12-17-19(3,23-15)13-18(2)16(22-17)10-7-8-11-21-18/h4-5,14-17,20H,6-13H2,1-3H3/b5-4-/t14-,15+,16-,17+,18+,19-/m1/s1. The first kappa shape index (κ1) is 17.4. The van der Waals surface area contributed by atoms with E-state index in [0.29, 0.717) is 6.42 Å². The van der Waals surface area contributed by atoms with Crippen LogP contribution in [0.5, 0.6) is 0 Å². The van der Waals surface area contributed by atoms with Crippen molar-refractivity contribution < 1.29 is 19.3 Å². The van der Waals surface area contributed by atoms with Crippen molar-refractivity contribution in [3.63, 3.8) is 0 Å². The van der Waals surface area contributed by atoms with E-state index in [2.05, 4.69) is 26.0 Å². The first-order chi connectivity index (χ1) is 11.0. The fourth-order valence-electron chi connectivity index (χ4n) is 4.56. The van der Waals surface area contributed by atoms with Crippen molar-refractivity contribution >= 4 is 0 Å². The predicted octanol–water partition coefficient (Wildman–Crippen LogP) is 3.37. The molecule has 4 nitrogen and oxygen atoms in total. The summed E-state index contributed by atoms with van der Waals surface area (Å²) in [6.07, 6.45) is 10.3. The number of rotatable bonds is 3. The smallest absolute Gasteiger partial charge is 0.0949 e. The van der Waals surface area contributed by atoms with Crippen LogP contribution >= 0.6 is 0 Å². The second kappa shape index (κ2) is 6.83. The van der Waals surface area contributed by atoms with Crippen LogP contribution in [0.25, 0.3) is 0 Å². The van der Waals surface area contributed by atoms with E-state index in [0.717, 1.165) is 45.1 Å². The van der Waals surface area contributed by atoms with Crippen molar-refractivity contribution in [1.29, 1.82) is 0 Å². The predicted molar refractivity (Wildman–Crippen MR) is 89.4 cm³/mol. The molecule has 3 aliphatic rings. The van der Waals surface area contributed by atoms with Crippen LogP contribution in [0.1, 0.15) is 65.7 Å². The van der Waals surface area contributed by atoms with E-state index < -0.39 is 6.10 Å². The van der Waals surface area contributed by atoms with Crippen molar-refractivity contribution in [2.24, 2.45) is 0 Å². The number of aliphatic hydroxyl groups is 1. The van der Waals surface area contributed by atoms with Crippen LogP contribution in [0, 0.1) is 0 Å². The first-order valence-electron chi connectivity index (χ1n) is 9.23. The number of aliphatic hydroxyl groups excluding tert-OH is 1. The Kier molecular flexibility index (Phi) is 5.17. The lowest BCUT2D eigenvalue weighted by Gasteiger charge is -2.56. The number of ether oxygens (including phenoxy) is 3. The van der Waals surface area contributed by atoms with Gasteiger partial charge in [-0.15, -0.1) is 0 Å². The van der Waals surface area contributed by atoms with Crippen LogP contribution in [0.2, 0.25) is 0 Å². The molecule has 0 spiro atoms. The highest BCUT2D eigenvalue weighted by atomic mass is 16.6. The van der Waals surface area contributed by atoms with Crippen molar-refractivity contribution in [2.75, 3.05) is 6.61 Å². The lowest BCUT2D eigenvalue weighted by Crippen LogP contribution is -2.66. The lowest BCUT2D eigenvalue weighted by atomic mass is 9.74. The van der Waals surface area contributed by atoms with Crippen LogP contribution in [0.15, 0.2) is 12.2 Å². The van der Waals surface area contributed by atoms with Crippen molar-refractivity contribution in [3.05, 3.63) is 12.2 Å². The molecule has 0 aromatic rings. The zero-order chi connectivity index (χ0) is 16.5. The molecule has 3 heterocycles. The van der Waals surface area contributed by atoms with Crippen molar-refractivity contribution in [1.82, 2.24) is 0 Å². The van der Waals surface area contributed by atoms with Gasteiger partial charge in [-0.25, -0.2) is 0 Å². The molecule has 0 unspecified atom stereocenters. The van der Waals surface area contributed by atoms with E-state index in [4.69, 9.17) is 14.2 Å². The van der Waals surface area contributed by atoms with Gasteiger partial charge in [0.15, 0.2) is 0 Å². The molecule has 0 aromatic heterocycles. The second-order valence-corrected chi connectivity index (χ2v) is 7.87. The summed E-state index contributed by atoms with van der Waals surface area (Å²) in [6.45, 7) is 7.15. The maximum atomic E-state index is 10.5. The molecule has 3 rings (SSSR count). The van der Waals surface area contributed by atoms with E-state index >= 15 is 0 Å². The highest BCUT2D eigenvalue weighted by Gasteiger charge is 2.57. The Morgan fingerprint density at radius 3 is 2.78 bits per heavy atom. The summed E-state index contributed by atoms with van der Waals surface area (Å²) in [7, 11) is 0. The molecule has 3 fully saturated rings. The summed E-state index contributed by atoms with van der Waals surface area (Å²) in [5.41, 5.74) is -0.632. The summed E-state index contributed by atoms with van der Waals surface area (Å²) in [5.74, 6) is 0. The maximum Gasteiger partial charge on any atom is 0.0949 e. The number of hydrogen-bond donors (Lipinski definition) is 1. The Morgan fingerprint density at radius 1 is 1.17 bits per heavy atom. The molecule has 0 aliphatic carbocycles. The second-order valence-electron chi connectivity index (χ2n) is 7.87. The van der Waals surface area contributed by atoms with E-state index in [1.54, 1.807) is 0 Å². The molecular formula is C19H32O4. The summed E-state index contributed by atoms with van der Waals surface area (Å²) < 4.78 is 19.0. The molecule has 0 radical (unpaired) electrons. The van der Waals surface area contributed by atoms with Gasteiger partial charge in [-0.05, 0) is 52.9 Å². The zero-order valence-corrected chi connectivity index (χ0v) is 14.8. The highest BCUT2D eigenvalue weighted by Crippen LogP contribution is 2.47. The molecule has 0 saturated carbocycles. The van der Waals surface area contributed by atoms with Gasteiger partial charge in [0.25, 0.3) is 0 Å². The molecule has 0 bridgehead atoms. The Bertz CT molecular complexity index is 437. The van der Waals surface area contributed by atoms with E-state index in [1.165, 1.54) is 0 Å². The van der Waals surface area contributed by atoms with Gasteiger partial charge in [0.2, 0.25) is 0 Å². The van der Waals surface area contributed by atoms with Gasteiger partial charge >= 0.3 is 0 Å². The van der Waals surface area contributed by atoms with Gasteiger partial charge in [-0.1, -0.05) is 12.2 Å². The molecule has 1 N–H and O–H groups in total. The SMILES string of the molecule is C/C=C\CC[C@@H]1O[C@]2(C)C[C@]3(C)OCCCC[C@H]3O[C@H]2C[C@H]1O. The summed E-state index contributed by atoms with van der Waals surface area (Å²) in [5, 5.41) is 10.5. The average Bonchev–Trinajstić information content (AvgIpc) is 2.67. The Hall–Kier alpha value is -0.420. The Morgan fingerprint density at radius 2 is 2.00 bits per heavy atom. The highest BCUT2D eigenvalue weighted by molar-refractivity contribution is 5.06. The summed E-state index contributed by atoms with van der Waals surface area (Å²) in [4.78, 5) is 0. The number of fused-ring (bicyclic) bond motifs is 2. The molecule has 23 heavy (non-hydrogen) atoms. The molecule has 0 amide bonds. The third-order valence-electron chi connectivity index (χ3n) is 5.84. The van der Waals surface area contributed by atoms with Gasteiger partial charge in [0, 0.05) is 19.4 Å². The first-order valence-corrected chi connectivity index (χ1v) is 9.23. The normalized spacial score (nSPS) is 47.8.